The molecule has 0 radical (unpaired) electrons. The van der Waals surface area contributed by atoms with Gasteiger partial charge in [0.15, 0.2) is 5.82 Å². The lowest BCUT2D eigenvalue weighted by molar-refractivity contribution is 0.154. The van der Waals surface area contributed by atoms with E-state index in [4.69, 9.17) is 0 Å². The smallest absolute Gasteiger partial charge is 0.249 e. The van der Waals surface area contributed by atoms with Crippen molar-refractivity contribution in [3.8, 4) is 11.4 Å². The van der Waals surface area contributed by atoms with E-state index in [-0.39, 0.29) is 6.10 Å². The van der Waals surface area contributed by atoms with E-state index in [1.807, 2.05) is 37.3 Å². The number of H-pyrrole nitrogens is 1. The van der Waals surface area contributed by atoms with E-state index < -0.39 is 0 Å². The van der Waals surface area contributed by atoms with Crippen molar-refractivity contribution < 1.29 is 5.11 Å². The normalized spacial score (nSPS) is 17.3. The number of rotatable bonds is 4. The minimum Gasteiger partial charge on any atom is -0.391 e. The highest BCUT2D eigenvalue weighted by molar-refractivity contribution is 5.61. The number of aromatic amines is 1. The van der Waals surface area contributed by atoms with Gasteiger partial charge in [0.2, 0.25) is 11.9 Å². The number of hydrogen-bond acceptors (Lipinski definition) is 7. The number of nitrogens with zero attached hydrogens (tertiary/aromatic N) is 5. The van der Waals surface area contributed by atoms with E-state index in [0.717, 1.165) is 36.3 Å². The molecule has 8 heteroatoms. The zero-order chi connectivity index (χ0) is 17.9. The number of aliphatic hydroxyl groups is 1. The van der Waals surface area contributed by atoms with Crippen molar-refractivity contribution in [2.45, 2.75) is 25.9 Å². The molecule has 26 heavy (non-hydrogen) atoms. The van der Waals surface area contributed by atoms with Gasteiger partial charge in [-0.05, 0) is 31.4 Å². The molecule has 1 saturated heterocycles. The highest BCUT2D eigenvalue weighted by Gasteiger charge is 2.19. The molecule has 1 aliphatic heterocycles. The van der Waals surface area contributed by atoms with Crippen molar-refractivity contribution >= 4 is 17.7 Å². The zero-order valence-electron chi connectivity index (χ0n) is 14.6. The van der Waals surface area contributed by atoms with Crippen molar-refractivity contribution in [2.24, 2.45) is 0 Å². The molecule has 2 aromatic heterocycles. The molecule has 0 aliphatic carbocycles. The first kappa shape index (κ1) is 16.5. The molecule has 0 bridgehead atoms. The number of hydrogen-bond donors (Lipinski definition) is 3. The molecule has 4 rings (SSSR count). The lowest BCUT2D eigenvalue weighted by Crippen LogP contribution is -2.38. The molecule has 3 aromatic rings. The van der Waals surface area contributed by atoms with Gasteiger partial charge in [-0.15, -0.1) is 5.10 Å². The predicted octanol–water partition coefficient (Wildman–Crippen LogP) is 2.27. The van der Waals surface area contributed by atoms with Gasteiger partial charge in [-0.25, -0.2) is 4.98 Å². The average molecular weight is 351 g/mol. The SMILES string of the molecule is Cc1ccccc1-c1nc(Nc2nccc(N3CCCC(O)C3)n2)n[nH]1. The van der Waals surface area contributed by atoms with Crippen molar-refractivity contribution in [3.05, 3.63) is 42.1 Å². The van der Waals surface area contributed by atoms with E-state index in [1.165, 1.54) is 0 Å². The van der Waals surface area contributed by atoms with Crippen LogP contribution >= 0.6 is 0 Å². The summed E-state index contributed by atoms with van der Waals surface area (Å²) in [6.07, 6.45) is 3.18. The minimum atomic E-state index is -0.306. The fourth-order valence-electron chi connectivity index (χ4n) is 3.13. The van der Waals surface area contributed by atoms with Gasteiger partial charge in [-0.3, -0.25) is 10.4 Å². The van der Waals surface area contributed by atoms with Gasteiger partial charge in [0.1, 0.15) is 5.82 Å². The van der Waals surface area contributed by atoms with Gasteiger partial charge in [0.25, 0.3) is 0 Å². The molecule has 1 atom stereocenters. The number of nitrogens with one attached hydrogen (secondary N) is 2. The quantitative estimate of drug-likeness (QED) is 0.662. The fraction of sp³-hybridized carbons (Fsp3) is 0.333. The molecule has 1 aliphatic rings. The third-order valence-corrected chi connectivity index (χ3v) is 4.47. The highest BCUT2D eigenvalue weighted by atomic mass is 16.3. The van der Waals surface area contributed by atoms with Crippen LogP contribution in [0.25, 0.3) is 11.4 Å². The summed E-state index contributed by atoms with van der Waals surface area (Å²) in [5.74, 6) is 2.33. The van der Waals surface area contributed by atoms with Crippen LogP contribution in [0.3, 0.4) is 0 Å². The van der Waals surface area contributed by atoms with E-state index in [1.54, 1.807) is 6.20 Å². The Morgan fingerprint density at radius 2 is 2.08 bits per heavy atom. The first-order valence-corrected chi connectivity index (χ1v) is 8.70. The Balaban J connectivity index is 1.51. The third-order valence-electron chi connectivity index (χ3n) is 4.47. The maximum atomic E-state index is 9.85. The highest BCUT2D eigenvalue weighted by Crippen LogP contribution is 2.22. The number of aliphatic hydroxyl groups excluding tert-OH is 1. The van der Waals surface area contributed by atoms with Crippen molar-refractivity contribution in [2.75, 3.05) is 23.3 Å². The molecule has 134 valence electrons. The minimum absolute atomic E-state index is 0.306. The summed E-state index contributed by atoms with van der Waals surface area (Å²) in [5, 5.41) is 20.0. The molecule has 3 heterocycles. The topological polar surface area (TPSA) is 103 Å². The summed E-state index contributed by atoms with van der Waals surface area (Å²) < 4.78 is 0. The number of β-amino-alcohol motifs (C(OH)–C–C–N with tert-alkyl or cyclic N) is 1. The van der Waals surface area contributed by atoms with Crippen LogP contribution < -0.4 is 10.2 Å². The van der Waals surface area contributed by atoms with Crippen molar-refractivity contribution in [1.29, 1.82) is 0 Å². The summed E-state index contributed by atoms with van der Waals surface area (Å²) in [6, 6.07) is 9.84. The molecule has 0 saturated carbocycles. The largest absolute Gasteiger partial charge is 0.391 e. The Morgan fingerprint density at radius 3 is 2.92 bits per heavy atom. The maximum absolute atomic E-state index is 9.85. The monoisotopic (exact) mass is 351 g/mol. The van der Waals surface area contributed by atoms with Crippen LogP contribution in [0.5, 0.6) is 0 Å². The Bertz CT molecular complexity index is 895. The van der Waals surface area contributed by atoms with Crippen LogP contribution in [0.15, 0.2) is 36.5 Å². The molecule has 1 unspecified atom stereocenters. The van der Waals surface area contributed by atoms with Crippen molar-refractivity contribution in [1.82, 2.24) is 25.1 Å². The Labute approximate surface area is 151 Å². The number of aryl methyl sites for hydroxylation is 1. The predicted molar refractivity (Wildman–Crippen MR) is 99.3 cm³/mol. The second kappa shape index (κ2) is 7.09. The standard InChI is InChI=1S/C18H21N7O/c1-12-5-2-3-7-14(12)16-21-18(24-23-16)22-17-19-9-8-15(20-17)25-10-4-6-13(26)11-25/h2-3,5,7-9,13,26H,4,6,10-11H2,1H3,(H2,19,20,21,22,23,24). The van der Waals surface area contributed by atoms with Crippen LogP contribution in [0.2, 0.25) is 0 Å². The lowest BCUT2D eigenvalue weighted by atomic mass is 10.1. The van der Waals surface area contributed by atoms with Gasteiger partial charge in [0, 0.05) is 24.8 Å². The molecule has 0 spiro atoms. The average Bonchev–Trinajstić information content (AvgIpc) is 3.10. The van der Waals surface area contributed by atoms with Gasteiger partial charge in [-0.1, -0.05) is 24.3 Å². The molecular weight excluding hydrogens is 330 g/mol. The molecule has 3 N–H and O–H groups in total. The van der Waals surface area contributed by atoms with Crippen molar-refractivity contribution in [3.63, 3.8) is 0 Å². The van der Waals surface area contributed by atoms with Crippen LogP contribution in [0, 0.1) is 6.92 Å². The molecule has 1 fully saturated rings. The summed E-state index contributed by atoms with van der Waals surface area (Å²) >= 11 is 0. The summed E-state index contributed by atoms with van der Waals surface area (Å²) in [6.45, 7) is 3.50. The molecule has 1 aromatic carbocycles. The zero-order valence-corrected chi connectivity index (χ0v) is 14.6. The van der Waals surface area contributed by atoms with Crippen LogP contribution in [0.4, 0.5) is 17.7 Å². The first-order valence-electron chi connectivity index (χ1n) is 8.70. The Hall–Kier alpha value is -3.00. The van der Waals surface area contributed by atoms with Gasteiger partial charge in [0.05, 0.1) is 6.10 Å². The number of anilines is 3. The second-order valence-corrected chi connectivity index (χ2v) is 6.43. The fourth-order valence-corrected chi connectivity index (χ4v) is 3.13. The van der Waals surface area contributed by atoms with Gasteiger partial charge >= 0.3 is 0 Å². The number of aromatic nitrogens is 5. The maximum Gasteiger partial charge on any atom is 0.249 e. The van der Waals surface area contributed by atoms with Gasteiger partial charge < -0.3 is 10.0 Å². The first-order chi connectivity index (χ1) is 12.7. The summed E-state index contributed by atoms with van der Waals surface area (Å²) in [4.78, 5) is 15.3. The Kier molecular flexibility index (Phi) is 4.49. The molecular formula is C18H21N7O. The van der Waals surface area contributed by atoms with Crippen LogP contribution in [-0.2, 0) is 0 Å². The number of benzene rings is 1. The molecule has 0 amide bonds. The third kappa shape index (κ3) is 3.50. The van der Waals surface area contributed by atoms with Gasteiger partial charge in [-0.2, -0.15) is 9.97 Å². The second-order valence-electron chi connectivity index (χ2n) is 6.43. The van der Waals surface area contributed by atoms with Crippen LogP contribution in [-0.4, -0.2) is 49.4 Å². The van der Waals surface area contributed by atoms with E-state index in [2.05, 4.69) is 35.4 Å². The lowest BCUT2D eigenvalue weighted by Gasteiger charge is -2.30. The molecule has 8 nitrogen and oxygen atoms in total. The summed E-state index contributed by atoms with van der Waals surface area (Å²) in [5.41, 5.74) is 2.13. The number of piperidine rings is 1. The van der Waals surface area contributed by atoms with Crippen LogP contribution in [0.1, 0.15) is 18.4 Å². The Morgan fingerprint density at radius 1 is 1.19 bits per heavy atom. The van der Waals surface area contributed by atoms with E-state index in [9.17, 15) is 5.11 Å². The van der Waals surface area contributed by atoms with E-state index >= 15 is 0 Å². The summed E-state index contributed by atoms with van der Waals surface area (Å²) in [7, 11) is 0. The van der Waals surface area contributed by atoms with E-state index in [0.29, 0.717) is 24.3 Å².